The van der Waals surface area contributed by atoms with E-state index < -0.39 is 29.6 Å². The number of nitrogens with one attached hydrogen (secondary N) is 2. The molecule has 8 nitrogen and oxygen atoms in total. The minimum absolute atomic E-state index is 0.0204. The summed E-state index contributed by atoms with van der Waals surface area (Å²) in [7, 11) is 0. The predicted octanol–water partition coefficient (Wildman–Crippen LogP) is 4.05. The summed E-state index contributed by atoms with van der Waals surface area (Å²) in [5.41, 5.74) is 1.14. The quantitative estimate of drug-likeness (QED) is 0.475. The van der Waals surface area contributed by atoms with Crippen molar-refractivity contribution in [2.45, 2.75) is 51.1 Å². The van der Waals surface area contributed by atoms with Gasteiger partial charge in [0.25, 0.3) is 5.91 Å². The van der Waals surface area contributed by atoms with Gasteiger partial charge in [-0.1, -0.05) is 42.5 Å². The number of rotatable bonds is 3. The zero-order chi connectivity index (χ0) is 27.1. The lowest BCUT2D eigenvalue weighted by Crippen LogP contribution is -2.42. The van der Waals surface area contributed by atoms with Crippen LogP contribution < -0.4 is 5.32 Å². The van der Waals surface area contributed by atoms with Crippen LogP contribution in [-0.2, 0) is 16.1 Å². The first-order chi connectivity index (χ1) is 17.2. The standard InChI is InChI=1S/C26H27F3N4O4/c1-25(2,3)37-24(36)32-13-19(15-7-5-4-6-8-15)20(14-32)33-12-17-10-9-16(11-18(17)22(33)34)21(30)31-23(35)26(27,28)29/h4-11,19-20H,12-14H2,1-3H3,(H2,30,31,35). The van der Waals surface area contributed by atoms with Gasteiger partial charge in [0.15, 0.2) is 0 Å². The number of alkyl halides is 3. The van der Waals surface area contributed by atoms with Crippen LogP contribution in [0.3, 0.4) is 0 Å². The highest BCUT2D eigenvalue weighted by Gasteiger charge is 2.45. The third-order valence-corrected chi connectivity index (χ3v) is 6.30. The minimum atomic E-state index is -5.13. The van der Waals surface area contributed by atoms with Crippen molar-refractivity contribution in [1.29, 1.82) is 5.41 Å². The molecular weight excluding hydrogens is 489 g/mol. The second-order valence-corrected chi connectivity index (χ2v) is 10.1. The van der Waals surface area contributed by atoms with E-state index >= 15 is 0 Å². The van der Waals surface area contributed by atoms with Gasteiger partial charge in [0.1, 0.15) is 11.4 Å². The molecule has 0 radical (unpaired) electrons. The molecule has 1 fully saturated rings. The van der Waals surface area contributed by atoms with E-state index in [9.17, 15) is 27.6 Å². The second kappa shape index (κ2) is 9.53. The Morgan fingerprint density at radius 2 is 1.73 bits per heavy atom. The molecule has 0 aliphatic carbocycles. The third-order valence-electron chi connectivity index (χ3n) is 6.30. The van der Waals surface area contributed by atoms with Crippen LogP contribution in [0.5, 0.6) is 0 Å². The number of fused-ring (bicyclic) bond motifs is 1. The first-order valence-corrected chi connectivity index (χ1v) is 11.7. The number of nitrogens with zero attached hydrogens (tertiary/aromatic N) is 2. The molecule has 0 spiro atoms. The molecule has 1 saturated heterocycles. The molecule has 2 unspecified atom stereocenters. The Hall–Kier alpha value is -3.89. The molecule has 0 bridgehead atoms. The summed E-state index contributed by atoms with van der Waals surface area (Å²) in [6, 6.07) is 13.4. The Bertz CT molecular complexity index is 1240. The Labute approximate surface area is 211 Å². The van der Waals surface area contributed by atoms with Crippen molar-refractivity contribution in [2.75, 3.05) is 13.1 Å². The van der Waals surface area contributed by atoms with Gasteiger partial charge in [-0.3, -0.25) is 15.0 Å². The van der Waals surface area contributed by atoms with Gasteiger partial charge in [-0.05, 0) is 38.0 Å². The number of carbonyl (C=O) groups excluding carboxylic acids is 3. The van der Waals surface area contributed by atoms with E-state index in [0.717, 1.165) is 5.56 Å². The van der Waals surface area contributed by atoms with E-state index in [4.69, 9.17) is 10.1 Å². The lowest BCUT2D eigenvalue weighted by Gasteiger charge is -2.29. The van der Waals surface area contributed by atoms with E-state index in [2.05, 4.69) is 0 Å². The van der Waals surface area contributed by atoms with Crippen LogP contribution in [0.2, 0.25) is 0 Å². The molecule has 2 aromatic rings. The molecule has 2 N–H and O–H groups in total. The molecule has 0 aromatic heterocycles. The molecule has 2 aliphatic rings. The van der Waals surface area contributed by atoms with Crippen LogP contribution in [0.15, 0.2) is 48.5 Å². The van der Waals surface area contributed by atoms with E-state index in [1.54, 1.807) is 36.6 Å². The smallest absolute Gasteiger partial charge is 0.444 e. The van der Waals surface area contributed by atoms with Gasteiger partial charge < -0.3 is 19.9 Å². The van der Waals surface area contributed by atoms with Crippen LogP contribution in [0, 0.1) is 5.41 Å². The largest absolute Gasteiger partial charge is 0.471 e. The SMILES string of the molecule is CC(C)(C)OC(=O)N1CC(c2ccccc2)C(N2Cc3ccc(C(=N)NC(=O)C(F)(F)F)cc3C2=O)C1. The molecule has 2 atom stereocenters. The number of hydrogen-bond donors (Lipinski definition) is 2. The molecule has 4 rings (SSSR count). The number of benzene rings is 2. The lowest BCUT2D eigenvalue weighted by molar-refractivity contribution is -0.171. The van der Waals surface area contributed by atoms with Crippen LogP contribution >= 0.6 is 0 Å². The van der Waals surface area contributed by atoms with Gasteiger partial charge in [-0.2, -0.15) is 13.2 Å². The van der Waals surface area contributed by atoms with Gasteiger partial charge >= 0.3 is 18.2 Å². The van der Waals surface area contributed by atoms with Gasteiger partial charge in [-0.15, -0.1) is 0 Å². The number of ether oxygens (including phenoxy) is 1. The number of amidine groups is 1. The molecule has 196 valence electrons. The maximum absolute atomic E-state index is 13.5. The zero-order valence-electron chi connectivity index (χ0n) is 20.6. The molecule has 2 aliphatic heterocycles. The van der Waals surface area contributed by atoms with E-state index in [1.165, 1.54) is 17.4 Å². The Morgan fingerprint density at radius 3 is 2.35 bits per heavy atom. The number of amides is 3. The second-order valence-electron chi connectivity index (χ2n) is 10.1. The van der Waals surface area contributed by atoms with Crippen LogP contribution in [-0.4, -0.2) is 64.5 Å². The number of hydrogen-bond acceptors (Lipinski definition) is 5. The summed E-state index contributed by atoms with van der Waals surface area (Å²) in [5, 5.41) is 9.37. The predicted molar refractivity (Wildman–Crippen MR) is 128 cm³/mol. The number of carbonyl (C=O) groups is 3. The molecule has 0 saturated carbocycles. The van der Waals surface area contributed by atoms with E-state index in [0.29, 0.717) is 12.1 Å². The van der Waals surface area contributed by atoms with Crippen molar-refractivity contribution >= 4 is 23.7 Å². The average molecular weight is 517 g/mol. The summed E-state index contributed by atoms with van der Waals surface area (Å²) in [6.45, 7) is 6.18. The third kappa shape index (κ3) is 5.60. The van der Waals surface area contributed by atoms with E-state index in [1.807, 2.05) is 30.3 Å². The fraction of sp³-hybridized carbons (Fsp3) is 0.385. The average Bonchev–Trinajstić information content (AvgIpc) is 3.39. The van der Waals surface area contributed by atoms with Crippen molar-refractivity contribution in [3.05, 3.63) is 70.8 Å². The van der Waals surface area contributed by atoms with Crippen molar-refractivity contribution in [1.82, 2.24) is 15.1 Å². The maximum atomic E-state index is 13.5. The summed E-state index contributed by atoms with van der Waals surface area (Å²) in [5.74, 6) is -3.56. The Kier molecular flexibility index (Phi) is 6.74. The molecule has 11 heteroatoms. The Morgan fingerprint density at radius 1 is 1.05 bits per heavy atom. The monoisotopic (exact) mass is 516 g/mol. The van der Waals surface area contributed by atoms with E-state index in [-0.39, 0.29) is 42.1 Å². The van der Waals surface area contributed by atoms with Crippen molar-refractivity contribution in [2.24, 2.45) is 0 Å². The fourth-order valence-corrected chi connectivity index (χ4v) is 4.61. The highest BCUT2D eigenvalue weighted by Crippen LogP contribution is 2.36. The highest BCUT2D eigenvalue weighted by molar-refractivity contribution is 6.09. The zero-order valence-corrected chi connectivity index (χ0v) is 20.6. The van der Waals surface area contributed by atoms with Gasteiger partial charge in [0.05, 0.1) is 6.04 Å². The molecular formula is C26H27F3N4O4. The number of halogens is 3. The van der Waals surface area contributed by atoms with Crippen LogP contribution in [0.1, 0.15) is 53.7 Å². The summed E-state index contributed by atoms with van der Waals surface area (Å²) in [6.07, 6.45) is -5.61. The first-order valence-electron chi connectivity index (χ1n) is 11.7. The van der Waals surface area contributed by atoms with Gasteiger partial charge in [0.2, 0.25) is 0 Å². The molecule has 3 amide bonds. The topological polar surface area (TPSA) is 103 Å². The first kappa shape index (κ1) is 26.2. The fourth-order valence-electron chi connectivity index (χ4n) is 4.61. The van der Waals surface area contributed by atoms with Crippen molar-refractivity contribution < 1.29 is 32.3 Å². The Balaban J connectivity index is 1.58. The minimum Gasteiger partial charge on any atom is -0.444 e. The van der Waals surface area contributed by atoms with Gasteiger partial charge in [-0.25, -0.2) is 4.79 Å². The lowest BCUT2D eigenvalue weighted by atomic mass is 9.93. The summed E-state index contributed by atoms with van der Waals surface area (Å²) < 4.78 is 43.3. The normalized spacial score (nSPS) is 19.6. The van der Waals surface area contributed by atoms with Gasteiger partial charge in [0, 0.05) is 36.7 Å². The maximum Gasteiger partial charge on any atom is 0.471 e. The van der Waals surface area contributed by atoms with Crippen LogP contribution in [0.25, 0.3) is 0 Å². The number of likely N-dealkylation sites (tertiary alicyclic amines) is 1. The molecule has 37 heavy (non-hydrogen) atoms. The van der Waals surface area contributed by atoms with Crippen LogP contribution in [0.4, 0.5) is 18.0 Å². The molecule has 2 heterocycles. The van der Waals surface area contributed by atoms with Crippen molar-refractivity contribution in [3.8, 4) is 0 Å². The van der Waals surface area contributed by atoms with Crippen molar-refractivity contribution in [3.63, 3.8) is 0 Å². The molecule has 2 aromatic carbocycles. The summed E-state index contributed by atoms with van der Waals surface area (Å²) >= 11 is 0. The summed E-state index contributed by atoms with van der Waals surface area (Å²) in [4.78, 5) is 40.8. The highest BCUT2D eigenvalue weighted by atomic mass is 19.4.